The lowest BCUT2D eigenvalue weighted by Crippen LogP contribution is -2.07. The Balaban J connectivity index is 1.35. The molecule has 0 radical (unpaired) electrons. The molecule has 0 atom stereocenters. The minimum atomic E-state index is -0.263. The predicted octanol–water partition coefficient (Wildman–Crippen LogP) is 7.15. The first-order valence-corrected chi connectivity index (χ1v) is 12.9. The summed E-state index contributed by atoms with van der Waals surface area (Å²) in [5.74, 6) is 1.80. The van der Waals surface area contributed by atoms with E-state index in [4.69, 9.17) is 14.2 Å². The van der Waals surface area contributed by atoms with Crippen LogP contribution in [0.5, 0.6) is 17.2 Å². The maximum atomic E-state index is 12.5. The topological polar surface area (TPSA) is 69.7 Å². The van der Waals surface area contributed by atoms with Crippen molar-refractivity contribution in [2.75, 3.05) is 12.4 Å². The molecule has 7 heteroatoms. The lowest BCUT2D eigenvalue weighted by Gasteiger charge is -2.12. The summed E-state index contributed by atoms with van der Waals surface area (Å²) in [5, 5.41) is 5.27. The van der Waals surface area contributed by atoms with Gasteiger partial charge in [0.05, 0.1) is 18.9 Å². The van der Waals surface area contributed by atoms with E-state index in [1.165, 1.54) is 23.0 Å². The number of hydrogen-bond acceptors (Lipinski definition) is 6. The summed E-state index contributed by atoms with van der Waals surface area (Å²) in [4.78, 5) is 17.0. The van der Waals surface area contributed by atoms with Crippen LogP contribution in [0.4, 0.5) is 5.13 Å². The maximum absolute atomic E-state index is 12.5. The molecule has 0 saturated carbocycles. The second-order valence-corrected chi connectivity index (χ2v) is 9.54. The molecule has 3 aromatic carbocycles. The molecule has 4 aromatic rings. The van der Waals surface area contributed by atoms with Crippen LogP contribution in [0.3, 0.4) is 0 Å². The standard InChI is InChI=1S/C30H30N2O4S/c1-20(2)36-25-13-11-23(12-14-25)26-19-37-30(31-26)32-29(33)16-10-22-9-15-27(28(17-22)34-4)35-18-24-8-6-5-7-21(24)3/h5-17,19-20H,18H2,1-4H3,(H,31,32,33)/b16-10+. The third-order valence-electron chi connectivity index (χ3n) is 5.52. The van der Waals surface area contributed by atoms with E-state index >= 15 is 0 Å². The van der Waals surface area contributed by atoms with Crippen molar-refractivity contribution < 1.29 is 19.0 Å². The van der Waals surface area contributed by atoms with E-state index in [2.05, 4.69) is 23.3 Å². The molecule has 6 nitrogen and oxygen atoms in total. The summed E-state index contributed by atoms with van der Waals surface area (Å²) >= 11 is 1.38. The summed E-state index contributed by atoms with van der Waals surface area (Å²) in [5.41, 5.74) is 4.87. The molecule has 0 fully saturated rings. The van der Waals surface area contributed by atoms with E-state index in [-0.39, 0.29) is 12.0 Å². The summed E-state index contributed by atoms with van der Waals surface area (Å²) in [7, 11) is 1.60. The number of amides is 1. The molecule has 0 aliphatic carbocycles. The number of aromatic nitrogens is 1. The first-order valence-electron chi connectivity index (χ1n) is 12.0. The monoisotopic (exact) mass is 514 g/mol. The van der Waals surface area contributed by atoms with Crippen molar-refractivity contribution in [1.82, 2.24) is 4.98 Å². The van der Waals surface area contributed by atoms with Crippen LogP contribution in [0.25, 0.3) is 17.3 Å². The third kappa shape index (κ3) is 7.21. The zero-order chi connectivity index (χ0) is 26.2. The number of benzene rings is 3. The number of anilines is 1. The Hall–Kier alpha value is -4.10. The van der Waals surface area contributed by atoms with Gasteiger partial charge in [-0.25, -0.2) is 4.98 Å². The number of carbonyl (C=O) groups is 1. The molecular formula is C30H30N2O4S. The fraction of sp³-hybridized carbons (Fsp3) is 0.200. The van der Waals surface area contributed by atoms with Gasteiger partial charge in [-0.15, -0.1) is 11.3 Å². The number of hydrogen-bond donors (Lipinski definition) is 1. The van der Waals surface area contributed by atoms with Crippen LogP contribution in [0.15, 0.2) is 78.2 Å². The number of methoxy groups -OCH3 is 1. The van der Waals surface area contributed by atoms with Gasteiger partial charge in [-0.3, -0.25) is 10.1 Å². The van der Waals surface area contributed by atoms with Crippen LogP contribution >= 0.6 is 11.3 Å². The molecule has 190 valence electrons. The molecule has 0 unspecified atom stereocenters. The molecule has 1 N–H and O–H groups in total. The van der Waals surface area contributed by atoms with Gasteiger partial charge in [0.2, 0.25) is 5.91 Å². The largest absolute Gasteiger partial charge is 0.493 e. The highest BCUT2D eigenvalue weighted by molar-refractivity contribution is 7.14. The van der Waals surface area contributed by atoms with Crippen LogP contribution in [-0.4, -0.2) is 24.1 Å². The number of aryl methyl sites for hydroxylation is 1. The Kier molecular flexibility index (Phi) is 8.59. The van der Waals surface area contributed by atoms with Crippen molar-refractivity contribution in [1.29, 1.82) is 0 Å². The zero-order valence-electron chi connectivity index (χ0n) is 21.4. The van der Waals surface area contributed by atoms with Crippen LogP contribution in [0, 0.1) is 6.92 Å². The molecule has 0 aliphatic heterocycles. The molecule has 0 aliphatic rings. The Morgan fingerprint density at radius 3 is 2.57 bits per heavy atom. The molecule has 4 rings (SSSR count). The van der Waals surface area contributed by atoms with Gasteiger partial charge in [-0.2, -0.15) is 0 Å². The maximum Gasteiger partial charge on any atom is 0.250 e. The number of rotatable bonds is 10. The van der Waals surface area contributed by atoms with Crippen LogP contribution in [0.2, 0.25) is 0 Å². The number of nitrogens with zero attached hydrogens (tertiary/aromatic N) is 1. The highest BCUT2D eigenvalue weighted by atomic mass is 32.1. The lowest BCUT2D eigenvalue weighted by atomic mass is 10.1. The van der Waals surface area contributed by atoms with Crippen LogP contribution in [-0.2, 0) is 11.4 Å². The van der Waals surface area contributed by atoms with Gasteiger partial charge < -0.3 is 14.2 Å². The molecule has 0 bridgehead atoms. The van der Waals surface area contributed by atoms with Gasteiger partial charge in [0, 0.05) is 17.0 Å². The van der Waals surface area contributed by atoms with Crippen molar-refractivity contribution in [3.8, 4) is 28.5 Å². The first-order chi connectivity index (χ1) is 17.9. The van der Waals surface area contributed by atoms with Crippen molar-refractivity contribution in [3.05, 3.63) is 94.9 Å². The Morgan fingerprint density at radius 2 is 1.84 bits per heavy atom. The summed E-state index contributed by atoms with van der Waals surface area (Å²) in [6.07, 6.45) is 3.32. The molecule has 0 spiro atoms. The SMILES string of the molecule is COc1cc(/C=C/C(=O)Nc2nc(-c3ccc(OC(C)C)cc3)cs2)ccc1OCc1ccccc1C. The molecular weight excluding hydrogens is 484 g/mol. The van der Waals surface area contributed by atoms with E-state index in [0.717, 1.165) is 28.1 Å². The number of nitrogens with one attached hydrogen (secondary N) is 1. The van der Waals surface area contributed by atoms with Gasteiger partial charge >= 0.3 is 0 Å². The van der Waals surface area contributed by atoms with Gasteiger partial charge in [0.25, 0.3) is 0 Å². The highest BCUT2D eigenvalue weighted by Gasteiger charge is 2.09. The average molecular weight is 515 g/mol. The van der Waals surface area contributed by atoms with E-state index in [0.29, 0.717) is 23.2 Å². The zero-order valence-corrected chi connectivity index (χ0v) is 22.2. The quantitative estimate of drug-likeness (QED) is 0.228. The molecule has 1 aromatic heterocycles. The normalized spacial score (nSPS) is 11.1. The average Bonchev–Trinajstić information content (AvgIpc) is 3.35. The minimum Gasteiger partial charge on any atom is -0.493 e. The predicted molar refractivity (Wildman–Crippen MR) is 149 cm³/mol. The summed E-state index contributed by atoms with van der Waals surface area (Å²) in [6.45, 7) is 6.49. The highest BCUT2D eigenvalue weighted by Crippen LogP contribution is 2.30. The smallest absolute Gasteiger partial charge is 0.250 e. The van der Waals surface area contributed by atoms with Crippen molar-refractivity contribution >= 4 is 28.5 Å². The van der Waals surface area contributed by atoms with E-state index in [9.17, 15) is 4.79 Å². The Morgan fingerprint density at radius 1 is 1.05 bits per heavy atom. The van der Waals surface area contributed by atoms with Crippen LogP contribution < -0.4 is 19.5 Å². The summed E-state index contributed by atoms with van der Waals surface area (Å²) in [6, 6.07) is 21.4. The lowest BCUT2D eigenvalue weighted by molar-refractivity contribution is -0.111. The fourth-order valence-electron chi connectivity index (χ4n) is 3.59. The molecule has 1 amide bonds. The Labute approximate surface area is 221 Å². The van der Waals surface area contributed by atoms with E-state index in [1.807, 2.05) is 79.9 Å². The molecule has 0 saturated heterocycles. The fourth-order valence-corrected chi connectivity index (χ4v) is 4.32. The van der Waals surface area contributed by atoms with Gasteiger partial charge in [-0.05, 0) is 79.9 Å². The number of ether oxygens (including phenoxy) is 3. The van der Waals surface area contributed by atoms with Crippen molar-refractivity contribution in [2.24, 2.45) is 0 Å². The van der Waals surface area contributed by atoms with Crippen LogP contribution in [0.1, 0.15) is 30.5 Å². The second kappa shape index (κ2) is 12.2. The van der Waals surface area contributed by atoms with E-state index < -0.39 is 0 Å². The van der Waals surface area contributed by atoms with Gasteiger partial charge in [0.15, 0.2) is 16.6 Å². The number of thiazole rings is 1. The van der Waals surface area contributed by atoms with E-state index in [1.54, 1.807) is 13.2 Å². The Bertz CT molecular complexity index is 1380. The van der Waals surface area contributed by atoms with Crippen molar-refractivity contribution in [2.45, 2.75) is 33.5 Å². The third-order valence-corrected chi connectivity index (χ3v) is 6.27. The molecule has 37 heavy (non-hydrogen) atoms. The van der Waals surface area contributed by atoms with Gasteiger partial charge in [-0.1, -0.05) is 30.3 Å². The summed E-state index contributed by atoms with van der Waals surface area (Å²) < 4.78 is 17.2. The first kappa shape index (κ1) is 26.0. The number of carbonyl (C=O) groups excluding carboxylic acids is 1. The molecule has 1 heterocycles. The second-order valence-electron chi connectivity index (χ2n) is 8.68. The van der Waals surface area contributed by atoms with Gasteiger partial charge in [0.1, 0.15) is 12.4 Å². The minimum absolute atomic E-state index is 0.122. The van der Waals surface area contributed by atoms with Crippen molar-refractivity contribution in [3.63, 3.8) is 0 Å².